The molecule has 4 heterocycles. The van der Waals surface area contributed by atoms with Crippen LogP contribution in [0.15, 0.2) is 40.9 Å². The van der Waals surface area contributed by atoms with Crippen LogP contribution in [0.25, 0.3) is 11.3 Å². The number of hydrogen-bond acceptors (Lipinski definition) is 6. The zero-order valence-corrected chi connectivity index (χ0v) is 18.6. The third-order valence-electron chi connectivity index (χ3n) is 6.37. The highest BCUT2D eigenvalue weighted by molar-refractivity contribution is 5.79. The van der Waals surface area contributed by atoms with E-state index in [0.717, 1.165) is 35.2 Å². The molecule has 0 saturated carbocycles. The number of ether oxygens (including phenoxy) is 2. The fourth-order valence-electron chi connectivity index (χ4n) is 4.41. The van der Waals surface area contributed by atoms with Gasteiger partial charge in [-0.25, -0.2) is 9.37 Å². The minimum Gasteiger partial charge on any atom is -0.473 e. The first-order valence-electron chi connectivity index (χ1n) is 11.3. The summed E-state index contributed by atoms with van der Waals surface area (Å²) in [6, 6.07) is 9.95. The second kappa shape index (κ2) is 9.31. The topological polar surface area (TPSA) is 77.7 Å². The molecule has 1 saturated heterocycles. The molecule has 3 aromatic rings. The number of carbonyl (C=O) groups is 1. The first-order valence-corrected chi connectivity index (χ1v) is 11.3. The Hall–Kier alpha value is -3.26. The number of halogens is 1. The van der Waals surface area contributed by atoms with Crippen molar-refractivity contribution in [2.24, 2.45) is 5.92 Å². The summed E-state index contributed by atoms with van der Waals surface area (Å²) in [4.78, 5) is 19.5. The number of fused-ring (bicyclic) bond motifs is 1. The van der Waals surface area contributed by atoms with Crippen LogP contribution in [-0.4, -0.2) is 40.7 Å². The van der Waals surface area contributed by atoms with E-state index in [1.165, 1.54) is 12.1 Å². The molecular weight excluding hydrogens is 425 g/mol. The van der Waals surface area contributed by atoms with E-state index < -0.39 is 0 Å². The highest BCUT2D eigenvalue weighted by Crippen LogP contribution is 2.28. The third kappa shape index (κ3) is 4.61. The Balaban J connectivity index is 1.26. The van der Waals surface area contributed by atoms with Crippen molar-refractivity contribution in [2.45, 2.75) is 39.3 Å². The van der Waals surface area contributed by atoms with Crippen LogP contribution in [0.5, 0.6) is 5.88 Å². The minimum atomic E-state index is -0.303. The summed E-state index contributed by atoms with van der Waals surface area (Å²) < 4.78 is 30.0. The van der Waals surface area contributed by atoms with Crippen molar-refractivity contribution in [2.75, 3.05) is 19.8 Å². The van der Waals surface area contributed by atoms with Crippen LogP contribution < -0.4 is 4.74 Å². The molecule has 0 spiro atoms. The lowest BCUT2D eigenvalue weighted by molar-refractivity contribution is -0.139. The molecule has 0 bridgehead atoms. The molecular formula is C25H26FN3O4. The summed E-state index contributed by atoms with van der Waals surface area (Å²) in [5.74, 6) is 1.15. The van der Waals surface area contributed by atoms with Gasteiger partial charge in [0.05, 0.1) is 11.3 Å². The predicted octanol–water partition coefficient (Wildman–Crippen LogP) is 4.07. The van der Waals surface area contributed by atoms with Gasteiger partial charge in [-0.05, 0) is 49.6 Å². The highest BCUT2D eigenvalue weighted by atomic mass is 19.1. The number of pyridine rings is 1. The summed E-state index contributed by atoms with van der Waals surface area (Å²) in [7, 11) is 0. The van der Waals surface area contributed by atoms with E-state index in [1.807, 2.05) is 24.0 Å². The normalized spacial score (nSPS) is 16.5. The zero-order chi connectivity index (χ0) is 22.8. The van der Waals surface area contributed by atoms with Crippen LogP contribution in [0.2, 0.25) is 0 Å². The number of benzene rings is 1. The maximum atomic E-state index is 13.3. The second-order valence-corrected chi connectivity index (χ2v) is 8.51. The summed E-state index contributed by atoms with van der Waals surface area (Å²) in [5.41, 5.74) is 4.22. The van der Waals surface area contributed by atoms with Crippen LogP contribution in [0, 0.1) is 18.7 Å². The Bertz CT molecular complexity index is 1140. The van der Waals surface area contributed by atoms with Gasteiger partial charge in [-0.1, -0.05) is 11.2 Å². The Labute approximate surface area is 191 Å². The molecule has 5 rings (SSSR count). The van der Waals surface area contributed by atoms with Gasteiger partial charge in [-0.15, -0.1) is 0 Å². The van der Waals surface area contributed by atoms with Gasteiger partial charge >= 0.3 is 0 Å². The van der Waals surface area contributed by atoms with Crippen LogP contribution in [0.1, 0.15) is 35.4 Å². The van der Waals surface area contributed by atoms with Crippen LogP contribution in [0.4, 0.5) is 4.39 Å². The van der Waals surface area contributed by atoms with Gasteiger partial charge in [-0.2, -0.15) is 0 Å². The molecule has 2 aliphatic heterocycles. The van der Waals surface area contributed by atoms with E-state index >= 15 is 0 Å². The molecule has 0 aliphatic carbocycles. The lowest BCUT2D eigenvalue weighted by Gasteiger charge is -2.32. The van der Waals surface area contributed by atoms with E-state index in [4.69, 9.17) is 14.0 Å². The van der Waals surface area contributed by atoms with Crippen molar-refractivity contribution >= 4 is 5.91 Å². The van der Waals surface area contributed by atoms with E-state index in [-0.39, 0.29) is 24.2 Å². The average molecular weight is 451 g/mol. The van der Waals surface area contributed by atoms with Gasteiger partial charge in [-0.3, -0.25) is 4.79 Å². The monoisotopic (exact) mass is 451 g/mol. The number of amides is 1. The molecule has 1 amide bonds. The van der Waals surface area contributed by atoms with Crippen LogP contribution >= 0.6 is 0 Å². The van der Waals surface area contributed by atoms with Gasteiger partial charge in [0.25, 0.3) is 0 Å². The Morgan fingerprint density at radius 1 is 1.18 bits per heavy atom. The van der Waals surface area contributed by atoms with E-state index in [0.29, 0.717) is 50.1 Å². The summed E-state index contributed by atoms with van der Waals surface area (Å²) in [6.07, 6.45) is 2.31. The minimum absolute atomic E-state index is 0.0676. The number of aryl methyl sites for hydroxylation is 1. The number of aromatic nitrogens is 2. The van der Waals surface area contributed by atoms with E-state index in [2.05, 4.69) is 10.1 Å². The van der Waals surface area contributed by atoms with Gasteiger partial charge in [0, 0.05) is 50.3 Å². The SMILES string of the molecule is Cc1onc(-c2ccc(F)cc2)c1COc1ccc2c(n1)CCN(C(=O)C1CCOCC1)C2. The molecule has 172 valence electrons. The van der Waals surface area contributed by atoms with Crippen LogP contribution in [0.3, 0.4) is 0 Å². The van der Waals surface area contributed by atoms with Gasteiger partial charge < -0.3 is 18.9 Å². The quantitative estimate of drug-likeness (QED) is 0.582. The van der Waals surface area contributed by atoms with Crippen molar-refractivity contribution in [3.8, 4) is 17.1 Å². The molecule has 1 fully saturated rings. The van der Waals surface area contributed by atoms with Crippen molar-refractivity contribution in [1.29, 1.82) is 0 Å². The maximum absolute atomic E-state index is 13.3. The summed E-state index contributed by atoms with van der Waals surface area (Å²) in [5, 5.41) is 4.12. The molecule has 0 atom stereocenters. The third-order valence-corrected chi connectivity index (χ3v) is 6.37. The molecule has 1 aromatic carbocycles. The molecule has 8 heteroatoms. The van der Waals surface area contributed by atoms with Crippen LogP contribution in [-0.2, 0) is 29.1 Å². The number of rotatable bonds is 5. The maximum Gasteiger partial charge on any atom is 0.226 e. The standard InChI is InChI=1S/C25H26FN3O4/c1-16-21(24(28-33-16)17-2-5-20(26)6-3-17)15-32-23-7-4-19-14-29(11-8-22(19)27-23)25(30)18-9-12-31-13-10-18/h2-7,18H,8-15H2,1H3. The smallest absolute Gasteiger partial charge is 0.226 e. The first kappa shape index (κ1) is 21.6. The zero-order valence-electron chi connectivity index (χ0n) is 18.6. The van der Waals surface area contributed by atoms with Crippen molar-refractivity contribution in [3.05, 3.63) is 64.8 Å². The largest absolute Gasteiger partial charge is 0.473 e. The average Bonchev–Trinajstić information content (AvgIpc) is 3.23. The number of nitrogens with zero attached hydrogens (tertiary/aromatic N) is 3. The number of hydrogen-bond donors (Lipinski definition) is 0. The lowest BCUT2D eigenvalue weighted by atomic mass is 9.96. The predicted molar refractivity (Wildman–Crippen MR) is 118 cm³/mol. The summed E-state index contributed by atoms with van der Waals surface area (Å²) >= 11 is 0. The molecule has 7 nitrogen and oxygen atoms in total. The molecule has 0 unspecified atom stereocenters. The molecule has 2 aromatic heterocycles. The Morgan fingerprint density at radius 2 is 1.97 bits per heavy atom. The summed E-state index contributed by atoms with van der Waals surface area (Å²) in [6.45, 7) is 4.64. The molecule has 0 N–H and O–H groups in total. The fourth-order valence-corrected chi connectivity index (χ4v) is 4.41. The van der Waals surface area contributed by atoms with Crippen molar-refractivity contribution in [1.82, 2.24) is 15.0 Å². The molecule has 33 heavy (non-hydrogen) atoms. The van der Waals surface area contributed by atoms with Gasteiger partial charge in [0.1, 0.15) is 23.9 Å². The van der Waals surface area contributed by atoms with Crippen molar-refractivity contribution in [3.63, 3.8) is 0 Å². The molecule has 0 radical (unpaired) electrons. The highest BCUT2D eigenvalue weighted by Gasteiger charge is 2.29. The Kier molecular flexibility index (Phi) is 6.09. The van der Waals surface area contributed by atoms with E-state index in [1.54, 1.807) is 12.1 Å². The second-order valence-electron chi connectivity index (χ2n) is 8.51. The Morgan fingerprint density at radius 3 is 2.76 bits per heavy atom. The van der Waals surface area contributed by atoms with E-state index in [9.17, 15) is 9.18 Å². The van der Waals surface area contributed by atoms with Crippen molar-refractivity contribution < 1.29 is 23.2 Å². The fraction of sp³-hybridized carbons (Fsp3) is 0.400. The lowest BCUT2D eigenvalue weighted by Crippen LogP contribution is -2.41. The first-order chi connectivity index (χ1) is 16.1. The van der Waals surface area contributed by atoms with Gasteiger partial charge in [0.15, 0.2) is 0 Å². The molecule has 2 aliphatic rings. The number of carbonyl (C=O) groups excluding carboxylic acids is 1. The van der Waals surface area contributed by atoms with Gasteiger partial charge in [0.2, 0.25) is 11.8 Å².